The molecule has 2 aromatic heterocycles. The summed E-state index contributed by atoms with van der Waals surface area (Å²) in [6.45, 7) is 6.93. The molecule has 2 amide bonds. The first-order valence-electron chi connectivity index (χ1n) is 13.2. The number of fused-ring (bicyclic) bond motifs is 1. The highest BCUT2D eigenvalue weighted by Gasteiger charge is 2.49. The second kappa shape index (κ2) is 10.5. The lowest BCUT2D eigenvalue weighted by Crippen LogP contribution is -2.40. The Kier molecular flexibility index (Phi) is 7.83. The van der Waals surface area contributed by atoms with Crippen molar-refractivity contribution in [2.45, 2.75) is 102 Å². The highest BCUT2D eigenvalue weighted by atomic mass is 19.4. The van der Waals surface area contributed by atoms with E-state index < -0.39 is 53.6 Å². The summed E-state index contributed by atoms with van der Waals surface area (Å²) in [5.41, 5.74) is 0.573. The Bertz CT molecular complexity index is 1200. The van der Waals surface area contributed by atoms with Crippen LogP contribution < -0.4 is 10.6 Å². The van der Waals surface area contributed by atoms with E-state index in [1.807, 2.05) is 0 Å². The molecule has 1 saturated carbocycles. The summed E-state index contributed by atoms with van der Waals surface area (Å²) >= 11 is 0. The lowest BCUT2D eigenvalue weighted by Gasteiger charge is -2.33. The fraction of sp³-hybridized carbons (Fsp3) is 0.692. The second-order valence-corrected chi connectivity index (χ2v) is 11.5. The molecule has 2 aromatic rings. The van der Waals surface area contributed by atoms with Crippen LogP contribution in [0.2, 0.25) is 0 Å². The monoisotopic (exact) mass is 559 g/mol. The van der Waals surface area contributed by atoms with Crippen molar-refractivity contribution in [2.24, 2.45) is 11.8 Å². The zero-order valence-corrected chi connectivity index (χ0v) is 22.3. The van der Waals surface area contributed by atoms with Crippen molar-refractivity contribution in [3.05, 3.63) is 29.7 Å². The summed E-state index contributed by atoms with van der Waals surface area (Å²) in [6.07, 6.45) is -2.34. The van der Waals surface area contributed by atoms with Crippen LogP contribution in [-0.2, 0) is 9.53 Å². The zero-order valence-electron chi connectivity index (χ0n) is 22.3. The molecule has 4 rings (SSSR count). The lowest BCUT2D eigenvalue weighted by molar-refractivity contribution is -0.155. The van der Waals surface area contributed by atoms with Gasteiger partial charge in [-0.05, 0) is 69.9 Å². The summed E-state index contributed by atoms with van der Waals surface area (Å²) in [5.74, 6) is -5.10. The summed E-state index contributed by atoms with van der Waals surface area (Å²) in [7, 11) is 0. The minimum Gasteiger partial charge on any atom is -0.444 e. The SMILES string of the molecule is CCC(c1cnn2cc([C@@H](NC(=O)OC(C)(C)C)C3CCC(F)(F)CC3)nc2c1)C1C[C@@H](C(F)(F)F)NC1=O. The quantitative estimate of drug-likeness (QED) is 0.444. The number of nitrogens with zero attached hydrogens (tertiary/aromatic N) is 3. The highest BCUT2D eigenvalue weighted by molar-refractivity contribution is 5.82. The molecular weight excluding hydrogens is 525 g/mol. The van der Waals surface area contributed by atoms with Gasteiger partial charge in [0, 0.05) is 18.8 Å². The molecule has 0 bridgehead atoms. The van der Waals surface area contributed by atoms with E-state index in [-0.39, 0.29) is 38.0 Å². The number of aromatic nitrogens is 3. The van der Waals surface area contributed by atoms with Crippen molar-refractivity contribution in [2.75, 3.05) is 0 Å². The molecule has 0 aromatic carbocycles. The molecule has 0 radical (unpaired) electrons. The maximum Gasteiger partial charge on any atom is 0.408 e. The fourth-order valence-corrected chi connectivity index (χ4v) is 5.54. The van der Waals surface area contributed by atoms with Crippen molar-refractivity contribution in [3.8, 4) is 0 Å². The largest absolute Gasteiger partial charge is 0.444 e. The van der Waals surface area contributed by atoms with Gasteiger partial charge in [-0.25, -0.2) is 23.1 Å². The molecule has 8 nitrogen and oxygen atoms in total. The molecule has 2 unspecified atom stereocenters. The normalized spacial score (nSPS) is 23.9. The van der Waals surface area contributed by atoms with E-state index >= 15 is 0 Å². The summed E-state index contributed by atoms with van der Waals surface area (Å²) < 4.78 is 74.2. The van der Waals surface area contributed by atoms with Crippen LogP contribution in [-0.4, -0.2) is 50.3 Å². The van der Waals surface area contributed by atoms with E-state index in [4.69, 9.17) is 4.74 Å². The van der Waals surface area contributed by atoms with Gasteiger partial charge >= 0.3 is 12.3 Å². The number of imidazole rings is 1. The Morgan fingerprint density at radius 1 is 1.26 bits per heavy atom. The van der Waals surface area contributed by atoms with Crippen LogP contribution in [0.5, 0.6) is 0 Å². The summed E-state index contributed by atoms with van der Waals surface area (Å²) in [4.78, 5) is 29.7. The molecular formula is C26H34F5N5O3. The van der Waals surface area contributed by atoms with Crippen LogP contribution >= 0.6 is 0 Å². The Labute approximate surface area is 223 Å². The highest BCUT2D eigenvalue weighted by Crippen LogP contribution is 2.42. The van der Waals surface area contributed by atoms with Crippen LogP contribution in [0.3, 0.4) is 0 Å². The van der Waals surface area contributed by atoms with Gasteiger partial charge in [-0.1, -0.05) is 6.92 Å². The molecule has 2 N–H and O–H groups in total. The first kappa shape index (κ1) is 29.0. The van der Waals surface area contributed by atoms with Crippen LogP contribution in [0.4, 0.5) is 26.7 Å². The molecule has 1 saturated heterocycles. The molecule has 216 valence electrons. The van der Waals surface area contributed by atoms with Crippen molar-refractivity contribution >= 4 is 17.6 Å². The van der Waals surface area contributed by atoms with E-state index in [9.17, 15) is 31.5 Å². The number of carbonyl (C=O) groups excluding carboxylic acids is 2. The third-order valence-corrected chi connectivity index (χ3v) is 7.48. The standard InChI is InChI=1S/C26H34F5N5O3/c1-5-16(17-11-19(26(29,30)31)34-22(17)37)15-10-20-33-18(13-36(20)32-12-15)21(35-23(38)39-24(2,3)4)14-6-8-25(27,28)9-7-14/h10,12-14,16-17,19,21H,5-9,11H2,1-4H3,(H,34,37)(H,35,38)/t16?,17?,19-,21-/m0/s1. The van der Waals surface area contributed by atoms with Gasteiger partial charge in [-0.3, -0.25) is 4.79 Å². The maximum atomic E-state index is 13.9. The number of ether oxygens (including phenoxy) is 1. The predicted octanol–water partition coefficient (Wildman–Crippen LogP) is 5.68. The Morgan fingerprint density at radius 2 is 1.92 bits per heavy atom. The first-order valence-corrected chi connectivity index (χ1v) is 13.2. The Balaban J connectivity index is 1.61. The third-order valence-electron chi connectivity index (χ3n) is 7.48. The number of halogens is 5. The molecule has 13 heteroatoms. The topological polar surface area (TPSA) is 97.6 Å². The average Bonchev–Trinajstić information content (AvgIpc) is 3.41. The molecule has 39 heavy (non-hydrogen) atoms. The van der Waals surface area contributed by atoms with Gasteiger partial charge in [0.25, 0.3) is 0 Å². The van der Waals surface area contributed by atoms with E-state index in [0.29, 0.717) is 23.3 Å². The molecule has 0 spiro atoms. The number of alkyl halides is 5. The van der Waals surface area contributed by atoms with Gasteiger partial charge in [0.05, 0.1) is 24.1 Å². The van der Waals surface area contributed by atoms with Crippen molar-refractivity contribution in [1.29, 1.82) is 0 Å². The number of amides is 2. The number of alkyl carbamates (subject to hydrolysis) is 1. The number of hydrogen-bond acceptors (Lipinski definition) is 5. The van der Waals surface area contributed by atoms with Gasteiger partial charge in [0.15, 0.2) is 5.65 Å². The molecule has 2 aliphatic rings. The van der Waals surface area contributed by atoms with E-state index in [1.165, 1.54) is 10.7 Å². The minimum atomic E-state index is -4.53. The van der Waals surface area contributed by atoms with Crippen LogP contribution in [0, 0.1) is 11.8 Å². The molecule has 1 aliphatic heterocycles. The van der Waals surface area contributed by atoms with Crippen molar-refractivity contribution in [1.82, 2.24) is 25.2 Å². The number of carbonyl (C=O) groups is 2. The lowest BCUT2D eigenvalue weighted by atomic mass is 9.81. The molecule has 3 heterocycles. The van der Waals surface area contributed by atoms with E-state index in [0.717, 1.165) is 0 Å². The predicted molar refractivity (Wildman–Crippen MR) is 131 cm³/mol. The van der Waals surface area contributed by atoms with Crippen molar-refractivity contribution < 1.29 is 36.3 Å². The Morgan fingerprint density at radius 3 is 2.49 bits per heavy atom. The first-order chi connectivity index (χ1) is 18.1. The number of rotatable bonds is 6. The van der Waals surface area contributed by atoms with E-state index in [2.05, 4.69) is 20.7 Å². The van der Waals surface area contributed by atoms with Crippen LogP contribution in [0.1, 0.15) is 89.4 Å². The van der Waals surface area contributed by atoms with E-state index in [1.54, 1.807) is 40.0 Å². The van der Waals surface area contributed by atoms with Gasteiger partial charge in [0.1, 0.15) is 11.6 Å². The molecule has 2 fully saturated rings. The molecule has 1 aliphatic carbocycles. The van der Waals surface area contributed by atoms with Gasteiger partial charge < -0.3 is 15.4 Å². The van der Waals surface area contributed by atoms with Gasteiger partial charge in [0.2, 0.25) is 11.8 Å². The maximum absolute atomic E-state index is 13.9. The molecule has 4 atom stereocenters. The summed E-state index contributed by atoms with van der Waals surface area (Å²) in [5, 5.41) is 9.21. The van der Waals surface area contributed by atoms with Gasteiger partial charge in [-0.15, -0.1) is 0 Å². The zero-order chi connectivity index (χ0) is 28.8. The fourth-order valence-electron chi connectivity index (χ4n) is 5.54. The van der Waals surface area contributed by atoms with Gasteiger partial charge in [-0.2, -0.15) is 18.3 Å². The minimum absolute atomic E-state index is 0.176. The Hall–Kier alpha value is -2.99. The van der Waals surface area contributed by atoms with Crippen LogP contribution in [0.15, 0.2) is 18.5 Å². The average molecular weight is 560 g/mol. The van der Waals surface area contributed by atoms with Crippen molar-refractivity contribution in [3.63, 3.8) is 0 Å². The number of nitrogens with one attached hydrogen (secondary N) is 2. The third kappa shape index (κ3) is 6.78. The summed E-state index contributed by atoms with van der Waals surface area (Å²) in [6, 6.07) is -0.934. The second-order valence-electron chi connectivity index (χ2n) is 11.5. The number of hydrogen-bond donors (Lipinski definition) is 2. The smallest absolute Gasteiger partial charge is 0.408 e. The van der Waals surface area contributed by atoms with Crippen LogP contribution in [0.25, 0.3) is 5.65 Å².